The van der Waals surface area contributed by atoms with E-state index < -0.39 is 11.6 Å². The van der Waals surface area contributed by atoms with Crippen LogP contribution in [0.4, 0.5) is 13.2 Å². The van der Waals surface area contributed by atoms with E-state index in [9.17, 15) is 13.2 Å². The Hall–Kier alpha value is -1.77. The van der Waals surface area contributed by atoms with Gasteiger partial charge in [-0.15, -0.1) is 0 Å². The molecule has 0 heterocycles. The first-order valence-electron chi connectivity index (χ1n) is 4.92. The third kappa shape index (κ3) is 1.24. The molecular formula is C13H7F3. The minimum atomic E-state index is -0.593. The fraction of sp³-hybridized carbons (Fsp3) is 0.0769. The molecule has 16 heavy (non-hydrogen) atoms. The lowest BCUT2D eigenvalue weighted by molar-refractivity contribution is 0.584. The van der Waals surface area contributed by atoms with Crippen LogP contribution in [0.15, 0.2) is 30.3 Å². The summed E-state index contributed by atoms with van der Waals surface area (Å²) in [6, 6.07) is 6.36. The largest absolute Gasteiger partial charge is 0.207 e. The van der Waals surface area contributed by atoms with Gasteiger partial charge in [-0.1, -0.05) is 6.07 Å². The summed E-state index contributed by atoms with van der Waals surface area (Å²) in [5.41, 5.74) is 2.35. The van der Waals surface area contributed by atoms with E-state index in [0.29, 0.717) is 28.7 Å². The zero-order valence-electron chi connectivity index (χ0n) is 8.23. The molecule has 0 saturated carbocycles. The van der Waals surface area contributed by atoms with E-state index in [2.05, 4.69) is 0 Å². The van der Waals surface area contributed by atoms with E-state index >= 15 is 0 Å². The van der Waals surface area contributed by atoms with Crippen LogP contribution in [0.1, 0.15) is 11.1 Å². The van der Waals surface area contributed by atoms with Crippen molar-refractivity contribution in [1.29, 1.82) is 0 Å². The lowest BCUT2D eigenvalue weighted by Crippen LogP contribution is -1.87. The topological polar surface area (TPSA) is 0 Å². The summed E-state index contributed by atoms with van der Waals surface area (Å²) in [5, 5.41) is 0. The van der Waals surface area contributed by atoms with Gasteiger partial charge in [-0.25, -0.2) is 13.2 Å². The highest BCUT2D eigenvalue weighted by Crippen LogP contribution is 2.38. The van der Waals surface area contributed by atoms with Gasteiger partial charge >= 0.3 is 0 Å². The van der Waals surface area contributed by atoms with Gasteiger partial charge in [0.15, 0.2) is 0 Å². The van der Waals surface area contributed by atoms with Crippen molar-refractivity contribution in [3.05, 3.63) is 58.9 Å². The van der Waals surface area contributed by atoms with E-state index in [1.807, 2.05) is 0 Å². The Bertz CT molecular complexity index is 588. The van der Waals surface area contributed by atoms with E-state index in [1.165, 1.54) is 24.3 Å². The van der Waals surface area contributed by atoms with Crippen LogP contribution in [0, 0.1) is 17.5 Å². The predicted octanol–water partition coefficient (Wildman–Crippen LogP) is 3.68. The molecule has 0 bridgehead atoms. The molecule has 3 heteroatoms. The smallest absolute Gasteiger partial charge is 0.134 e. The van der Waals surface area contributed by atoms with Gasteiger partial charge in [-0.3, -0.25) is 0 Å². The summed E-state index contributed by atoms with van der Waals surface area (Å²) in [5.74, 6) is -1.53. The maximum atomic E-state index is 13.6. The van der Waals surface area contributed by atoms with Gasteiger partial charge in [-0.2, -0.15) is 0 Å². The number of hydrogen-bond donors (Lipinski definition) is 0. The molecule has 0 radical (unpaired) electrons. The van der Waals surface area contributed by atoms with Crippen molar-refractivity contribution in [3.8, 4) is 11.1 Å². The standard InChI is InChI=1S/C13H7F3/c14-9-1-2-11-7(4-9)3-8-5-10(15)6-12(16)13(8)11/h1-2,4-6H,3H2. The average molecular weight is 220 g/mol. The maximum absolute atomic E-state index is 13.6. The van der Waals surface area contributed by atoms with Crippen LogP contribution in [0.5, 0.6) is 0 Å². The molecule has 0 aromatic heterocycles. The zero-order valence-corrected chi connectivity index (χ0v) is 8.23. The maximum Gasteiger partial charge on any atom is 0.134 e. The molecule has 0 amide bonds. The van der Waals surface area contributed by atoms with Crippen LogP contribution in [-0.2, 0) is 6.42 Å². The molecule has 0 saturated heterocycles. The number of hydrogen-bond acceptors (Lipinski definition) is 0. The van der Waals surface area contributed by atoms with Gasteiger partial charge in [0.1, 0.15) is 17.5 Å². The minimum absolute atomic E-state index is 0.354. The normalized spacial score (nSPS) is 12.4. The van der Waals surface area contributed by atoms with Crippen molar-refractivity contribution >= 4 is 0 Å². The third-order valence-electron chi connectivity index (χ3n) is 2.85. The first kappa shape index (κ1) is 9.46. The summed E-state index contributed by atoms with van der Waals surface area (Å²) in [7, 11) is 0. The van der Waals surface area contributed by atoms with Crippen LogP contribution in [-0.4, -0.2) is 0 Å². The van der Waals surface area contributed by atoms with Gasteiger partial charge in [0.25, 0.3) is 0 Å². The Morgan fingerprint density at radius 2 is 1.56 bits per heavy atom. The third-order valence-corrected chi connectivity index (χ3v) is 2.85. The second-order valence-electron chi connectivity index (χ2n) is 3.90. The Kier molecular flexibility index (Phi) is 1.84. The van der Waals surface area contributed by atoms with Crippen molar-refractivity contribution < 1.29 is 13.2 Å². The average Bonchev–Trinajstić information content (AvgIpc) is 2.54. The Morgan fingerprint density at radius 1 is 0.812 bits per heavy atom. The second kappa shape index (κ2) is 3.11. The predicted molar refractivity (Wildman–Crippen MR) is 54.6 cm³/mol. The zero-order chi connectivity index (χ0) is 11.3. The summed E-state index contributed by atoms with van der Waals surface area (Å²) in [6.07, 6.45) is 0.386. The summed E-state index contributed by atoms with van der Waals surface area (Å²) >= 11 is 0. The summed E-state index contributed by atoms with van der Waals surface area (Å²) in [6.45, 7) is 0. The fourth-order valence-electron chi connectivity index (χ4n) is 2.23. The molecule has 0 aliphatic heterocycles. The Balaban J connectivity index is 2.29. The highest BCUT2D eigenvalue weighted by Gasteiger charge is 2.23. The Labute approximate surface area is 90.3 Å². The second-order valence-corrected chi connectivity index (χ2v) is 3.90. The van der Waals surface area contributed by atoms with Crippen LogP contribution < -0.4 is 0 Å². The number of fused-ring (bicyclic) bond motifs is 3. The van der Waals surface area contributed by atoms with Gasteiger partial charge in [-0.05, 0) is 41.3 Å². The molecule has 0 N–H and O–H groups in total. The quantitative estimate of drug-likeness (QED) is 0.542. The molecule has 0 unspecified atom stereocenters. The molecule has 0 atom stereocenters. The molecule has 3 rings (SSSR count). The van der Waals surface area contributed by atoms with Crippen LogP contribution in [0.3, 0.4) is 0 Å². The number of benzene rings is 2. The van der Waals surface area contributed by atoms with E-state index in [-0.39, 0.29) is 5.82 Å². The van der Waals surface area contributed by atoms with Crippen LogP contribution in [0.25, 0.3) is 11.1 Å². The molecule has 80 valence electrons. The van der Waals surface area contributed by atoms with Crippen molar-refractivity contribution in [2.24, 2.45) is 0 Å². The van der Waals surface area contributed by atoms with Gasteiger partial charge in [0.05, 0.1) is 0 Å². The molecule has 2 aromatic carbocycles. The molecule has 2 aromatic rings. The lowest BCUT2D eigenvalue weighted by Gasteiger charge is -2.02. The molecule has 0 fully saturated rings. The van der Waals surface area contributed by atoms with E-state index in [4.69, 9.17) is 0 Å². The number of halogens is 3. The first-order valence-corrected chi connectivity index (χ1v) is 4.92. The van der Waals surface area contributed by atoms with Gasteiger partial charge in [0.2, 0.25) is 0 Å². The van der Waals surface area contributed by atoms with Gasteiger partial charge < -0.3 is 0 Å². The van der Waals surface area contributed by atoms with Crippen molar-refractivity contribution in [2.75, 3.05) is 0 Å². The molecule has 1 aliphatic carbocycles. The minimum Gasteiger partial charge on any atom is -0.207 e. The van der Waals surface area contributed by atoms with Crippen molar-refractivity contribution in [3.63, 3.8) is 0 Å². The summed E-state index contributed by atoms with van der Waals surface area (Å²) < 4.78 is 39.6. The van der Waals surface area contributed by atoms with E-state index in [0.717, 1.165) is 6.07 Å². The molecule has 0 spiro atoms. The molecule has 1 aliphatic rings. The number of rotatable bonds is 0. The van der Waals surface area contributed by atoms with Crippen molar-refractivity contribution in [2.45, 2.75) is 6.42 Å². The van der Waals surface area contributed by atoms with Crippen molar-refractivity contribution in [1.82, 2.24) is 0 Å². The molecular weight excluding hydrogens is 213 g/mol. The van der Waals surface area contributed by atoms with Crippen LogP contribution in [0.2, 0.25) is 0 Å². The first-order chi connectivity index (χ1) is 7.65. The summed E-state index contributed by atoms with van der Waals surface area (Å²) in [4.78, 5) is 0. The Morgan fingerprint density at radius 3 is 2.38 bits per heavy atom. The fourth-order valence-corrected chi connectivity index (χ4v) is 2.23. The monoisotopic (exact) mass is 220 g/mol. The van der Waals surface area contributed by atoms with Crippen LogP contribution >= 0.6 is 0 Å². The highest BCUT2D eigenvalue weighted by atomic mass is 19.1. The van der Waals surface area contributed by atoms with E-state index in [1.54, 1.807) is 0 Å². The lowest BCUT2D eigenvalue weighted by atomic mass is 10.1. The van der Waals surface area contributed by atoms with Gasteiger partial charge in [0, 0.05) is 11.6 Å². The SMILES string of the molecule is Fc1ccc2c(c1)Cc1cc(F)cc(F)c1-2. The highest BCUT2D eigenvalue weighted by molar-refractivity contribution is 5.77. The molecule has 0 nitrogen and oxygen atoms in total.